The molecule has 1 unspecified atom stereocenters. The molecule has 15 heteroatoms. The van der Waals surface area contributed by atoms with Crippen LogP contribution in [0.25, 0.3) is 17.3 Å². The van der Waals surface area contributed by atoms with E-state index in [0.717, 1.165) is 0 Å². The number of nitrogens with two attached hydrogens (primary N) is 1. The molecule has 1 atom stereocenters. The minimum Gasteiger partial charge on any atom is -0.453 e. The number of carbonyl (C=O) groups is 3. The molecule has 0 bridgehead atoms. The number of anilines is 2. The van der Waals surface area contributed by atoms with Crippen LogP contribution in [0.2, 0.25) is 10.2 Å². The number of nitrogens with zero attached hydrogens (tertiary/aromatic N) is 5. The summed E-state index contributed by atoms with van der Waals surface area (Å²) >= 11 is 12.5. The molecule has 1 heterocycles. The predicted molar refractivity (Wildman–Crippen MR) is 163 cm³/mol. The van der Waals surface area contributed by atoms with E-state index in [1.165, 1.54) is 37.5 Å². The molecule has 3 amide bonds. The van der Waals surface area contributed by atoms with Crippen molar-refractivity contribution in [2.45, 2.75) is 13.0 Å². The zero-order valence-electron chi connectivity index (χ0n) is 22.5. The minimum absolute atomic E-state index is 0.0196. The summed E-state index contributed by atoms with van der Waals surface area (Å²) in [5.74, 6) is 5.19. The van der Waals surface area contributed by atoms with Crippen LogP contribution >= 0.6 is 23.2 Å². The summed E-state index contributed by atoms with van der Waals surface area (Å²) in [6, 6.07) is 12.5. The van der Waals surface area contributed by atoms with Gasteiger partial charge in [0, 0.05) is 53.7 Å². The molecule has 42 heavy (non-hydrogen) atoms. The largest absolute Gasteiger partial charge is 0.453 e. The van der Waals surface area contributed by atoms with Gasteiger partial charge in [-0.1, -0.05) is 35.3 Å². The number of carbonyl (C=O) groups excluding carboxylic acids is 3. The molecule has 13 nitrogen and oxygen atoms in total. The number of nitrogens with one attached hydrogen (secondary N) is 3. The van der Waals surface area contributed by atoms with Crippen LogP contribution in [-0.4, -0.2) is 54.8 Å². The summed E-state index contributed by atoms with van der Waals surface area (Å²) in [5.41, 5.74) is 3.04. The van der Waals surface area contributed by atoms with Crippen molar-refractivity contribution in [2.75, 3.05) is 24.0 Å². The number of hydrogen-bond acceptors (Lipinski definition) is 9. The number of benzene rings is 2. The summed E-state index contributed by atoms with van der Waals surface area (Å²) in [4.78, 5) is 36.2. The lowest BCUT2D eigenvalue weighted by atomic mass is 10.0. The van der Waals surface area contributed by atoms with Gasteiger partial charge < -0.3 is 15.4 Å². The molecule has 0 fully saturated rings. The third-order valence-electron chi connectivity index (χ3n) is 5.58. The Morgan fingerprint density at radius 2 is 1.88 bits per heavy atom. The molecular formula is C27H27Cl2N9O4. The second-order valence-electron chi connectivity index (χ2n) is 8.48. The van der Waals surface area contributed by atoms with E-state index in [9.17, 15) is 14.4 Å². The maximum atomic E-state index is 13.0. The van der Waals surface area contributed by atoms with Crippen molar-refractivity contribution >= 4 is 71.6 Å². The zero-order valence-corrected chi connectivity index (χ0v) is 24.1. The molecule has 0 aliphatic carbocycles. The third-order valence-corrected chi connectivity index (χ3v) is 6.10. The number of hydrazine groups is 1. The summed E-state index contributed by atoms with van der Waals surface area (Å²) in [5, 5.41) is 24.9. The second kappa shape index (κ2) is 15.2. The molecule has 0 radical (unpaired) electrons. The van der Waals surface area contributed by atoms with Gasteiger partial charge in [0.05, 0.1) is 24.5 Å². The highest BCUT2D eigenvalue weighted by Gasteiger charge is 2.20. The fraction of sp³-hybridized carbons (Fsp3) is 0.148. The van der Waals surface area contributed by atoms with Crippen LogP contribution in [0, 0.1) is 0 Å². The summed E-state index contributed by atoms with van der Waals surface area (Å²) in [6.07, 6.45) is 3.44. The van der Waals surface area contributed by atoms with E-state index in [2.05, 4.69) is 47.8 Å². The van der Waals surface area contributed by atoms with Crippen LogP contribution in [0.15, 0.2) is 64.8 Å². The Kier molecular flexibility index (Phi) is 11.5. The minimum atomic E-state index is -0.774. The van der Waals surface area contributed by atoms with Gasteiger partial charge >= 0.3 is 6.09 Å². The van der Waals surface area contributed by atoms with E-state index in [0.29, 0.717) is 38.8 Å². The highest BCUT2D eigenvalue weighted by atomic mass is 35.5. The molecule has 0 aliphatic rings. The summed E-state index contributed by atoms with van der Waals surface area (Å²) in [7, 11) is 1.27. The molecule has 1 aromatic heterocycles. The molecule has 2 aromatic carbocycles. The van der Waals surface area contributed by atoms with Crippen LogP contribution in [0.3, 0.4) is 0 Å². The first-order chi connectivity index (χ1) is 20.1. The molecular weight excluding hydrogens is 585 g/mol. The Morgan fingerprint density at radius 1 is 1.14 bits per heavy atom. The van der Waals surface area contributed by atoms with Gasteiger partial charge in [0.1, 0.15) is 6.34 Å². The average molecular weight is 612 g/mol. The van der Waals surface area contributed by atoms with Crippen molar-refractivity contribution < 1.29 is 19.1 Å². The molecule has 3 rings (SSSR count). The standard InChI is InChI=1S/C27H27Cl2N9O4/c1-16(39)32-14-23(35-25(40)11-6-18-12-19(28)7-10-24(18)38(30)15-33-31-2)21-13-22(36-37-26(21)29)17-4-8-20(9-5-17)34-27(41)42-3/h4-13,15,23H,2,14,30H2,1,3H3,(H,32,39)(H,34,41)(H,35,40)/b11-6+,33-15-. The summed E-state index contributed by atoms with van der Waals surface area (Å²) < 4.78 is 4.59. The first-order valence-electron chi connectivity index (χ1n) is 12.2. The van der Waals surface area contributed by atoms with Gasteiger partial charge in [-0.25, -0.2) is 10.6 Å². The van der Waals surface area contributed by atoms with Crippen LogP contribution in [-0.2, 0) is 14.3 Å². The first-order valence-corrected chi connectivity index (χ1v) is 12.9. The van der Waals surface area contributed by atoms with E-state index < -0.39 is 18.0 Å². The highest BCUT2D eigenvalue weighted by molar-refractivity contribution is 6.31. The van der Waals surface area contributed by atoms with Crippen LogP contribution < -0.4 is 26.8 Å². The van der Waals surface area contributed by atoms with Gasteiger partial charge in [-0.05, 0) is 42.5 Å². The molecule has 5 N–H and O–H groups in total. The molecule has 3 aromatic rings. The van der Waals surface area contributed by atoms with Crippen LogP contribution in [0.1, 0.15) is 24.1 Å². The molecule has 0 aliphatic heterocycles. The SMILES string of the molecule is C=N/N=C\N(N)c1ccc(Cl)cc1/C=C/C(=O)NC(CNC(C)=O)c1cc(-c2ccc(NC(=O)OC)cc2)nnc1Cl. The summed E-state index contributed by atoms with van der Waals surface area (Å²) in [6.45, 7) is 4.64. The Hall–Kier alpha value is -4.85. The van der Waals surface area contributed by atoms with E-state index in [-0.39, 0.29) is 17.6 Å². The van der Waals surface area contributed by atoms with Crippen molar-refractivity contribution in [3.8, 4) is 11.3 Å². The Bertz CT molecular complexity index is 1510. The highest BCUT2D eigenvalue weighted by Crippen LogP contribution is 2.27. The van der Waals surface area contributed by atoms with E-state index in [1.54, 1.807) is 48.5 Å². The van der Waals surface area contributed by atoms with Gasteiger partial charge in [-0.2, -0.15) is 5.10 Å². The maximum Gasteiger partial charge on any atom is 0.411 e. The molecule has 0 saturated heterocycles. The van der Waals surface area contributed by atoms with Gasteiger partial charge in [0.2, 0.25) is 11.8 Å². The number of ether oxygens (including phenoxy) is 1. The van der Waals surface area contributed by atoms with Gasteiger partial charge in [-0.15, -0.1) is 15.3 Å². The topological polar surface area (TPSA) is 176 Å². The van der Waals surface area contributed by atoms with E-state index in [4.69, 9.17) is 29.0 Å². The quantitative estimate of drug-likeness (QED) is 0.0827. The molecule has 218 valence electrons. The average Bonchev–Trinajstić information content (AvgIpc) is 2.97. The Balaban J connectivity index is 1.87. The van der Waals surface area contributed by atoms with Crippen LogP contribution in [0.5, 0.6) is 0 Å². The number of hydrogen-bond donors (Lipinski definition) is 4. The number of methoxy groups -OCH3 is 1. The lowest BCUT2D eigenvalue weighted by molar-refractivity contribution is -0.120. The Morgan fingerprint density at radius 3 is 2.55 bits per heavy atom. The van der Waals surface area contributed by atoms with Crippen molar-refractivity contribution in [3.05, 3.63) is 75.9 Å². The van der Waals surface area contributed by atoms with Crippen molar-refractivity contribution in [2.24, 2.45) is 16.0 Å². The van der Waals surface area contributed by atoms with Crippen LogP contribution in [0.4, 0.5) is 16.2 Å². The molecule has 0 saturated carbocycles. The van der Waals surface area contributed by atoms with Crippen molar-refractivity contribution in [3.63, 3.8) is 0 Å². The van der Waals surface area contributed by atoms with Gasteiger partial charge in [0.15, 0.2) is 5.15 Å². The fourth-order valence-corrected chi connectivity index (χ4v) is 3.99. The zero-order chi connectivity index (χ0) is 30.6. The lowest BCUT2D eigenvalue weighted by Crippen LogP contribution is -2.36. The first kappa shape index (κ1) is 31.7. The van der Waals surface area contributed by atoms with E-state index in [1.807, 2.05) is 0 Å². The van der Waals surface area contributed by atoms with Crippen molar-refractivity contribution in [1.82, 2.24) is 20.8 Å². The predicted octanol–water partition coefficient (Wildman–Crippen LogP) is 3.96. The smallest absolute Gasteiger partial charge is 0.411 e. The molecule has 0 spiro atoms. The van der Waals surface area contributed by atoms with Crippen molar-refractivity contribution in [1.29, 1.82) is 0 Å². The number of aromatic nitrogens is 2. The normalized spacial score (nSPS) is 11.6. The van der Waals surface area contributed by atoms with Gasteiger partial charge in [-0.3, -0.25) is 19.9 Å². The number of rotatable bonds is 11. The maximum absolute atomic E-state index is 13.0. The second-order valence-corrected chi connectivity index (χ2v) is 9.28. The van der Waals surface area contributed by atoms with E-state index >= 15 is 0 Å². The third kappa shape index (κ3) is 9.09. The van der Waals surface area contributed by atoms with Gasteiger partial charge in [0.25, 0.3) is 0 Å². The monoisotopic (exact) mass is 611 g/mol. The fourth-order valence-electron chi connectivity index (χ4n) is 3.59. The Labute approximate surface area is 251 Å². The number of amides is 3. The lowest BCUT2D eigenvalue weighted by Gasteiger charge is -2.20. The number of halogens is 2.